The van der Waals surface area contributed by atoms with Gasteiger partial charge in [-0.1, -0.05) is 180 Å². The Labute approximate surface area is 439 Å². The molecule has 0 fully saturated rings. The minimum absolute atomic E-state index is 0.0817. The zero-order valence-electron chi connectivity index (χ0n) is 45.1. The molecular weight excluding hydrogens is 917 g/mol. The average molecular weight is 979 g/mol. The molecule has 0 radical (unpaired) electrons. The first kappa shape index (κ1) is 47.7. The van der Waals surface area contributed by atoms with Crippen LogP contribution in [0.15, 0.2) is 162 Å². The number of rotatable bonds is 5. The number of para-hydroxylation sites is 1. The van der Waals surface area contributed by atoms with Gasteiger partial charge >= 0.3 is 0 Å². The largest absolute Gasteiger partial charge is 0.453 e. The number of fused-ring (bicyclic) bond motifs is 9. The lowest BCUT2D eigenvalue weighted by Crippen LogP contribution is -2.10. The molecule has 7 nitrogen and oxygen atoms in total. The van der Waals surface area contributed by atoms with E-state index in [0.29, 0.717) is 34.2 Å². The van der Waals surface area contributed by atoms with Gasteiger partial charge in [0.2, 0.25) is 0 Å². The smallest absolute Gasteiger partial charge is 0.167 e. The molecule has 0 aliphatic rings. The van der Waals surface area contributed by atoms with Crippen LogP contribution in [-0.2, 0) is 21.7 Å². The van der Waals surface area contributed by atoms with Gasteiger partial charge in [0.05, 0.1) is 50.0 Å². The molecule has 75 heavy (non-hydrogen) atoms. The first-order valence-corrected chi connectivity index (χ1v) is 26.2. The third kappa shape index (κ3) is 7.89. The van der Waals surface area contributed by atoms with Crippen LogP contribution in [0.5, 0.6) is 0 Å². The number of benzene rings is 8. The molecular formula is C68H62N6O. The standard InChI is InChI=1S/C68H62N6O/c1-65(2,3)43-26-30-53-49(35-43)50-36-44(66(4,5)6)27-31-54(50)73(53)57-34-42(39-69)59(74-55-32-28-45(67(7,8)9)37-51(55)52-38-46(68(10,11)12)29-33-56(52)74)58-47-24-19-25-48(60(47)75-61(57)58)64-71-62(40-20-15-13-16-21-40)70-63(72-64)41-22-17-14-18-23-41/h13-38H,1-12H3. The predicted molar refractivity (Wildman–Crippen MR) is 312 cm³/mol. The van der Waals surface area contributed by atoms with Gasteiger partial charge in [0, 0.05) is 38.1 Å². The van der Waals surface area contributed by atoms with Crippen molar-refractivity contribution in [2.75, 3.05) is 0 Å². The predicted octanol–water partition coefficient (Wildman–Crippen LogP) is 18.0. The highest BCUT2D eigenvalue weighted by Crippen LogP contribution is 2.48. The molecule has 0 unspecified atom stereocenters. The van der Waals surface area contributed by atoms with Crippen LogP contribution in [0, 0.1) is 11.3 Å². The summed E-state index contributed by atoms with van der Waals surface area (Å²) >= 11 is 0. The Bertz CT molecular complexity index is 4120. The SMILES string of the molecule is CC(C)(C)c1ccc2c(c1)c1cc(C(C)(C)C)ccc1n2-c1cc(C#N)c(-n2c3ccc(C(C)(C)C)cc3c3cc(C(C)(C)C)ccc32)c2c1oc1c(-c3nc(-c4ccccc4)nc(-c4ccccc4)n3)cccc12. The average Bonchev–Trinajstić information content (AvgIpc) is 4.06. The third-order valence-corrected chi connectivity index (χ3v) is 15.2. The Hall–Kier alpha value is -8.34. The van der Waals surface area contributed by atoms with Gasteiger partial charge in [-0.25, -0.2) is 15.0 Å². The van der Waals surface area contributed by atoms with Crippen LogP contribution >= 0.6 is 0 Å². The second-order valence-corrected chi connectivity index (χ2v) is 24.5. The summed E-state index contributed by atoms with van der Waals surface area (Å²) in [6.45, 7) is 27.2. The van der Waals surface area contributed by atoms with Crippen LogP contribution in [0.3, 0.4) is 0 Å². The molecule has 370 valence electrons. The maximum absolute atomic E-state index is 11.8. The van der Waals surface area contributed by atoms with Crippen LogP contribution in [0.1, 0.15) is 111 Å². The van der Waals surface area contributed by atoms with E-state index in [4.69, 9.17) is 19.4 Å². The number of aromatic nitrogens is 5. The lowest BCUT2D eigenvalue weighted by Gasteiger charge is -2.20. The minimum Gasteiger partial charge on any atom is -0.453 e. The number of nitriles is 1. The van der Waals surface area contributed by atoms with Crippen LogP contribution in [0.2, 0.25) is 0 Å². The van der Waals surface area contributed by atoms with Crippen molar-refractivity contribution in [2.24, 2.45) is 0 Å². The van der Waals surface area contributed by atoms with Gasteiger partial charge in [-0.3, -0.25) is 0 Å². The molecule has 4 heterocycles. The summed E-state index contributed by atoms with van der Waals surface area (Å²) in [6.07, 6.45) is 0. The second kappa shape index (κ2) is 16.8. The fourth-order valence-corrected chi connectivity index (χ4v) is 10.9. The number of hydrogen-bond donors (Lipinski definition) is 0. The Balaban J connectivity index is 1.25. The fraction of sp³-hybridized carbons (Fsp3) is 0.235. The normalized spacial score (nSPS) is 12.8. The van der Waals surface area contributed by atoms with Crippen LogP contribution in [0.25, 0.3) is 111 Å². The topological polar surface area (TPSA) is 85.5 Å². The summed E-state index contributed by atoms with van der Waals surface area (Å²) in [5, 5.41) is 18.1. The summed E-state index contributed by atoms with van der Waals surface area (Å²) in [5.74, 6) is 1.60. The quantitative estimate of drug-likeness (QED) is 0.171. The van der Waals surface area contributed by atoms with Gasteiger partial charge < -0.3 is 13.6 Å². The molecule has 8 aromatic carbocycles. The fourth-order valence-electron chi connectivity index (χ4n) is 10.9. The van der Waals surface area contributed by atoms with Crippen molar-refractivity contribution >= 4 is 65.6 Å². The molecule has 0 aliphatic heterocycles. The lowest BCUT2D eigenvalue weighted by atomic mass is 9.85. The van der Waals surface area contributed by atoms with E-state index in [2.05, 4.69) is 189 Å². The van der Waals surface area contributed by atoms with E-state index in [9.17, 15) is 5.26 Å². The maximum atomic E-state index is 11.8. The van der Waals surface area contributed by atoms with E-state index < -0.39 is 0 Å². The van der Waals surface area contributed by atoms with E-state index in [-0.39, 0.29) is 21.7 Å². The molecule has 7 heteroatoms. The zero-order chi connectivity index (χ0) is 52.5. The van der Waals surface area contributed by atoms with Gasteiger partial charge in [-0.2, -0.15) is 5.26 Å². The molecule has 12 aromatic rings. The third-order valence-electron chi connectivity index (χ3n) is 15.2. The monoisotopic (exact) mass is 978 g/mol. The number of hydrogen-bond acceptors (Lipinski definition) is 5. The molecule has 0 saturated heterocycles. The maximum Gasteiger partial charge on any atom is 0.167 e. The van der Waals surface area contributed by atoms with Crippen molar-refractivity contribution in [3.05, 3.63) is 186 Å². The Morgan fingerprint density at radius 1 is 0.400 bits per heavy atom. The van der Waals surface area contributed by atoms with Crippen molar-refractivity contribution in [2.45, 2.75) is 105 Å². The first-order valence-electron chi connectivity index (χ1n) is 26.2. The highest BCUT2D eigenvalue weighted by molar-refractivity contribution is 6.20. The minimum atomic E-state index is -0.0898. The van der Waals surface area contributed by atoms with E-state index in [1.165, 1.54) is 22.3 Å². The number of nitrogens with zero attached hydrogens (tertiary/aromatic N) is 6. The zero-order valence-corrected chi connectivity index (χ0v) is 45.1. The molecule has 0 atom stereocenters. The van der Waals surface area contributed by atoms with Gasteiger partial charge in [0.15, 0.2) is 23.1 Å². The van der Waals surface area contributed by atoms with Crippen molar-refractivity contribution < 1.29 is 4.42 Å². The molecule has 0 amide bonds. The first-order chi connectivity index (χ1) is 35.7. The highest BCUT2D eigenvalue weighted by Gasteiger charge is 2.30. The van der Waals surface area contributed by atoms with E-state index in [1.807, 2.05) is 66.7 Å². The summed E-state index contributed by atoms with van der Waals surface area (Å²) in [6, 6.07) is 58.6. The lowest BCUT2D eigenvalue weighted by molar-refractivity contribution is 0.590. The molecule has 12 rings (SSSR count). The highest BCUT2D eigenvalue weighted by atomic mass is 16.3. The van der Waals surface area contributed by atoms with E-state index in [0.717, 1.165) is 82.4 Å². The Kier molecular flexibility index (Phi) is 10.7. The molecule has 0 bridgehead atoms. The number of furan rings is 1. The van der Waals surface area contributed by atoms with E-state index in [1.54, 1.807) is 0 Å². The molecule has 0 aliphatic carbocycles. The molecule has 0 saturated carbocycles. The van der Waals surface area contributed by atoms with Crippen molar-refractivity contribution in [1.82, 2.24) is 24.1 Å². The van der Waals surface area contributed by atoms with E-state index >= 15 is 0 Å². The van der Waals surface area contributed by atoms with Crippen LogP contribution in [0.4, 0.5) is 0 Å². The van der Waals surface area contributed by atoms with Crippen molar-refractivity contribution in [1.29, 1.82) is 5.26 Å². The Morgan fingerprint density at radius 2 is 0.800 bits per heavy atom. The van der Waals surface area contributed by atoms with Crippen LogP contribution in [-0.4, -0.2) is 24.1 Å². The Morgan fingerprint density at radius 3 is 1.20 bits per heavy atom. The van der Waals surface area contributed by atoms with Gasteiger partial charge in [-0.05, 0) is 105 Å². The molecule has 4 aromatic heterocycles. The van der Waals surface area contributed by atoms with Gasteiger partial charge in [0.1, 0.15) is 11.7 Å². The van der Waals surface area contributed by atoms with Gasteiger partial charge in [0.25, 0.3) is 0 Å². The molecule has 0 N–H and O–H groups in total. The summed E-state index contributed by atoms with van der Waals surface area (Å²) in [7, 11) is 0. The van der Waals surface area contributed by atoms with Crippen LogP contribution < -0.4 is 0 Å². The summed E-state index contributed by atoms with van der Waals surface area (Å²) in [4.78, 5) is 15.5. The second-order valence-electron chi connectivity index (χ2n) is 24.5. The van der Waals surface area contributed by atoms with Crippen molar-refractivity contribution in [3.8, 4) is 51.6 Å². The summed E-state index contributed by atoms with van der Waals surface area (Å²) < 4.78 is 12.2. The van der Waals surface area contributed by atoms with Crippen molar-refractivity contribution in [3.63, 3.8) is 0 Å². The molecule has 0 spiro atoms. The van der Waals surface area contributed by atoms with Gasteiger partial charge in [-0.15, -0.1) is 0 Å². The summed E-state index contributed by atoms with van der Waals surface area (Å²) in [5.41, 5.74) is 14.5.